The van der Waals surface area contributed by atoms with Crippen LogP contribution in [0, 0.1) is 11.6 Å². The summed E-state index contributed by atoms with van der Waals surface area (Å²) in [6.45, 7) is 15.2. The van der Waals surface area contributed by atoms with Crippen molar-refractivity contribution in [2.24, 2.45) is 7.05 Å². The lowest BCUT2D eigenvalue weighted by Gasteiger charge is -2.48. The molecule has 7 rings (SSSR count). The molecule has 0 radical (unpaired) electrons. The molecule has 342 valence electrons. The molecule has 1 fully saturated rings. The Morgan fingerprint density at radius 1 is 1.16 bits per heavy atom. The van der Waals surface area contributed by atoms with Crippen LogP contribution in [0.4, 0.5) is 31.9 Å². The molecule has 20 heteroatoms. The summed E-state index contributed by atoms with van der Waals surface area (Å²) < 4.78 is 41.0. The van der Waals surface area contributed by atoms with Gasteiger partial charge in [0.15, 0.2) is 17.4 Å². The van der Waals surface area contributed by atoms with Gasteiger partial charge in [-0.05, 0) is 71.4 Å². The summed E-state index contributed by atoms with van der Waals surface area (Å²) in [6.07, 6.45) is 8.57. The van der Waals surface area contributed by atoms with Crippen LogP contribution >= 0.6 is 11.8 Å². The molecule has 0 spiro atoms. The van der Waals surface area contributed by atoms with Crippen LogP contribution in [-0.2, 0) is 16.6 Å². The second-order valence-electron chi connectivity index (χ2n) is 16.2. The highest BCUT2D eigenvalue weighted by Gasteiger charge is 2.35. The van der Waals surface area contributed by atoms with E-state index in [4.69, 9.17) is 9.84 Å². The first-order valence-corrected chi connectivity index (χ1v) is 21.9. The fourth-order valence-corrected chi connectivity index (χ4v) is 8.82. The predicted molar refractivity (Wildman–Crippen MR) is 246 cm³/mol. The Morgan fingerprint density at radius 3 is 2.59 bits per heavy atom. The van der Waals surface area contributed by atoms with Gasteiger partial charge in [0.25, 0.3) is 0 Å². The van der Waals surface area contributed by atoms with Crippen molar-refractivity contribution in [2.45, 2.75) is 76.2 Å². The lowest BCUT2D eigenvalue weighted by molar-refractivity contribution is -0.120. The minimum absolute atomic E-state index is 0.0988. The SMILES string of the molecule is CCC(/C=C(\C)CN1CCN(c2ccc3c(N(C=O)CCC(=O)NC)nn(C)c3c2F)CC1(C)C)Sc1ccc(Nc2nc3c(OC(C)C)c(-c4cn[nH]c4)ncn3n2)c(F)c1.CO. The zero-order valence-electron chi connectivity index (χ0n) is 37.7. The number of aliphatic hydroxyl groups is 1. The van der Waals surface area contributed by atoms with Crippen molar-refractivity contribution in [2.75, 3.05) is 62.0 Å². The van der Waals surface area contributed by atoms with Crippen molar-refractivity contribution < 1.29 is 28.2 Å². The number of anilines is 4. The average molecular weight is 902 g/mol. The maximum absolute atomic E-state index is 16.3. The van der Waals surface area contributed by atoms with E-state index < -0.39 is 11.6 Å². The number of hydrogen-bond acceptors (Lipinski definition) is 13. The highest BCUT2D eigenvalue weighted by atomic mass is 32.2. The highest BCUT2D eigenvalue weighted by Crippen LogP contribution is 2.37. The topological polar surface area (TPSA) is 187 Å². The second-order valence-corrected chi connectivity index (χ2v) is 17.6. The van der Waals surface area contributed by atoms with Gasteiger partial charge in [-0.1, -0.05) is 18.6 Å². The summed E-state index contributed by atoms with van der Waals surface area (Å²) in [6, 6.07) is 8.66. The van der Waals surface area contributed by atoms with Gasteiger partial charge < -0.3 is 25.4 Å². The summed E-state index contributed by atoms with van der Waals surface area (Å²) in [5.74, 6) is -0.0831. The van der Waals surface area contributed by atoms with Gasteiger partial charge in [0.2, 0.25) is 23.9 Å². The third-order valence-corrected chi connectivity index (χ3v) is 12.1. The monoisotopic (exact) mass is 901 g/mol. The average Bonchev–Trinajstić information content (AvgIpc) is 4.03. The molecule has 2 aromatic carbocycles. The molecule has 1 unspecified atom stereocenters. The summed E-state index contributed by atoms with van der Waals surface area (Å²) in [4.78, 5) is 39.5. The summed E-state index contributed by atoms with van der Waals surface area (Å²) in [5.41, 5.74) is 3.66. The van der Waals surface area contributed by atoms with E-state index in [0.717, 1.165) is 30.5 Å². The van der Waals surface area contributed by atoms with Crippen LogP contribution in [0.3, 0.4) is 0 Å². The number of carbonyl (C=O) groups excluding carboxylic acids is 2. The van der Waals surface area contributed by atoms with E-state index in [1.54, 1.807) is 49.4 Å². The number of thioether (sulfide) groups is 1. The molecule has 0 bridgehead atoms. The first-order chi connectivity index (χ1) is 30.7. The number of benzene rings is 2. The Hall–Kier alpha value is -6.12. The van der Waals surface area contributed by atoms with Gasteiger partial charge in [0.1, 0.15) is 23.4 Å². The Bertz CT molecular complexity index is 2600. The quantitative estimate of drug-likeness (QED) is 0.0452. The zero-order valence-corrected chi connectivity index (χ0v) is 38.5. The lowest BCUT2D eigenvalue weighted by atomic mass is 9.97. The van der Waals surface area contributed by atoms with Crippen molar-refractivity contribution in [1.82, 2.24) is 49.8 Å². The molecular weight excluding hydrogens is 845 g/mol. The van der Waals surface area contributed by atoms with Crippen LogP contribution < -0.4 is 25.2 Å². The zero-order chi connectivity index (χ0) is 46.3. The Morgan fingerprint density at radius 2 is 1.94 bits per heavy atom. The number of carbonyl (C=O) groups is 2. The maximum Gasteiger partial charge on any atom is 0.247 e. The molecule has 0 aliphatic carbocycles. The third kappa shape index (κ3) is 10.5. The molecule has 4 N–H and O–H groups in total. The molecular formula is C44H57F2N13O4S. The molecule has 5 heterocycles. The Balaban J connectivity index is 0.00000335. The van der Waals surface area contributed by atoms with Gasteiger partial charge in [-0.15, -0.1) is 16.9 Å². The van der Waals surface area contributed by atoms with E-state index >= 15 is 8.78 Å². The number of aryl methyl sites for hydroxylation is 1. The third-order valence-electron chi connectivity index (χ3n) is 10.8. The lowest BCUT2D eigenvalue weighted by Crippen LogP contribution is -2.59. The van der Waals surface area contributed by atoms with Gasteiger partial charge in [-0.25, -0.2) is 13.8 Å². The fourth-order valence-electron chi connectivity index (χ4n) is 7.69. The molecule has 2 amide bonds. The van der Waals surface area contributed by atoms with Crippen LogP contribution in [0.1, 0.15) is 54.4 Å². The first-order valence-electron chi connectivity index (χ1n) is 21.0. The number of nitrogens with zero attached hydrogens (tertiary/aromatic N) is 10. The number of piperazine rings is 1. The van der Waals surface area contributed by atoms with Crippen molar-refractivity contribution in [1.29, 1.82) is 0 Å². The van der Waals surface area contributed by atoms with E-state index in [0.29, 0.717) is 65.5 Å². The summed E-state index contributed by atoms with van der Waals surface area (Å²) >= 11 is 1.60. The summed E-state index contributed by atoms with van der Waals surface area (Å²) in [5, 5.41) is 28.9. The molecule has 1 saturated heterocycles. The highest BCUT2D eigenvalue weighted by molar-refractivity contribution is 8.00. The van der Waals surface area contributed by atoms with E-state index in [1.807, 2.05) is 19.9 Å². The number of aromatic amines is 1. The minimum atomic E-state index is -0.430. The van der Waals surface area contributed by atoms with Crippen LogP contribution in [0.5, 0.6) is 5.75 Å². The largest absolute Gasteiger partial charge is 0.485 e. The van der Waals surface area contributed by atoms with Crippen molar-refractivity contribution in [3.05, 3.63) is 72.3 Å². The van der Waals surface area contributed by atoms with Crippen LogP contribution in [-0.4, -0.2) is 126 Å². The van der Waals surface area contributed by atoms with Gasteiger partial charge in [-0.2, -0.15) is 19.7 Å². The molecule has 4 aromatic heterocycles. The van der Waals surface area contributed by atoms with Gasteiger partial charge >= 0.3 is 0 Å². The molecule has 1 atom stereocenters. The molecule has 1 aliphatic rings. The normalized spacial score (nSPS) is 14.7. The van der Waals surface area contributed by atoms with Crippen LogP contribution in [0.2, 0.25) is 0 Å². The van der Waals surface area contributed by atoms with Crippen molar-refractivity contribution in [3.8, 4) is 17.0 Å². The molecule has 64 heavy (non-hydrogen) atoms. The Kier molecular flexibility index (Phi) is 15.2. The number of aliphatic hydroxyl groups excluding tert-OH is 1. The van der Waals surface area contributed by atoms with Crippen molar-refractivity contribution >= 4 is 63.8 Å². The van der Waals surface area contributed by atoms with Crippen LogP contribution in [0.25, 0.3) is 27.8 Å². The number of rotatable bonds is 17. The van der Waals surface area contributed by atoms with E-state index in [-0.39, 0.29) is 47.4 Å². The fraction of sp³-hybridized carbons (Fsp3) is 0.432. The Labute approximate surface area is 375 Å². The molecule has 0 saturated carbocycles. The van der Waals surface area contributed by atoms with Crippen molar-refractivity contribution in [3.63, 3.8) is 0 Å². The second kappa shape index (κ2) is 20.6. The maximum atomic E-state index is 16.3. The molecule has 6 aromatic rings. The van der Waals surface area contributed by atoms with E-state index in [9.17, 15) is 9.59 Å². The number of fused-ring (bicyclic) bond motifs is 2. The molecule has 17 nitrogen and oxygen atoms in total. The minimum Gasteiger partial charge on any atom is -0.485 e. The van der Waals surface area contributed by atoms with Crippen LogP contribution in [0.15, 0.2) is 65.6 Å². The van der Waals surface area contributed by atoms with E-state index in [2.05, 4.69) is 84.6 Å². The van der Waals surface area contributed by atoms with Gasteiger partial charge in [-0.3, -0.25) is 29.2 Å². The number of H-pyrrole nitrogens is 1. The molecule has 1 aliphatic heterocycles. The first kappa shape index (κ1) is 47.4. The number of halogens is 2. The number of ether oxygens (including phenoxy) is 1. The number of hydrogen-bond donors (Lipinski definition) is 4. The smallest absolute Gasteiger partial charge is 0.247 e. The number of aromatic nitrogens is 8. The number of amides is 2. The summed E-state index contributed by atoms with van der Waals surface area (Å²) in [7, 11) is 4.19. The number of nitrogens with one attached hydrogen (secondary N) is 3. The standard InChI is InChI=1S/C43H53F2N13O3S.CH4O/c1-9-29(62-30-10-12-33(32(44)19-30)50-42-51-41-39(61-26(2)3)37(28-20-48-49-21-28)47-24-58(41)53-42)18-27(4)22-57-17-16-55(23-43(57,5)6)34-13-11-31-38(36(34)45)54(8)52-40(31)56(25-59)15-14-35(60)46-7;1-2/h10-13,18-21,24-26,29H,9,14-17,22-23H2,1-8H3,(H,46,60)(H,48,49)(H,50,53);2H,1H3/b27-18+;. The predicted octanol–water partition coefficient (Wildman–Crippen LogP) is 6.34. The van der Waals surface area contributed by atoms with E-state index in [1.165, 1.54) is 39.1 Å². The van der Waals surface area contributed by atoms with Gasteiger partial charge in [0, 0.05) is 93.2 Å². The van der Waals surface area contributed by atoms with Gasteiger partial charge in [0.05, 0.1) is 23.7 Å².